The van der Waals surface area contributed by atoms with Crippen molar-refractivity contribution in [2.24, 2.45) is 0 Å². The lowest BCUT2D eigenvalue weighted by atomic mass is 10.1. The van der Waals surface area contributed by atoms with Crippen LogP contribution >= 0.6 is 27.3 Å². The first kappa shape index (κ1) is 17.1. The molecule has 2 N–H and O–H groups in total. The topological polar surface area (TPSA) is 61.4 Å². The van der Waals surface area contributed by atoms with Gasteiger partial charge in [-0.3, -0.25) is 25.3 Å². The summed E-state index contributed by atoms with van der Waals surface area (Å²) >= 11 is 4.62. The van der Waals surface area contributed by atoms with Gasteiger partial charge in [-0.15, -0.1) is 11.3 Å². The number of halogens is 1. The molecule has 1 aliphatic rings. The molecule has 7 heteroatoms. The Morgan fingerprint density at radius 1 is 1.08 bits per heavy atom. The predicted octanol–water partition coefficient (Wildman–Crippen LogP) is 3.18. The maximum absolute atomic E-state index is 12.2. The summed E-state index contributed by atoms with van der Waals surface area (Å²) in [5.74, 6) is -0.644. The van der Waals surface area contributed by atoms with Gasteiger partial charge in [0, 0.05) is 12.1 Å². The van der Waals surface area contributed by atoms with Crippen LogP contribution in [-0.2, 0) is 6.54 Å². The summed E-state index contributed by atoms with van der Waals surface area (Å²) in [6, 6.07) is 11.0. The minimum Gasteiger partial charge on any atom is -0.299 e. The number of carbonyl (C=O) groups is 2. The second-order valence-corrected chi connectivity index (χ2v) is 8.16. The van der Waals surface area contributed by atoms with Crippen LogP contribution in [-0.4, -0.2) is 29.8 Å². The van der Waals surface area contributed by atoms with Crippen molar-refractivity contribution in [2.75, 3.05) is 13.1 Å². The zero-order valence-electron chi connectivity index (χ0n) is 13.0. The Morgan fingerprint density at radius 3 is 2.54 bits per heavy atom. The van der Waals surface area contributed by atoms with Crippen LogP contribution in [0.4, 0.5) is 0 Å². The maximum atomic E-state index is 12.2. The standard InChI is InChI=1S/C17H18BrN3O2S/c18-15-7-6-14(24-15)17(23)20-19-16(22)13-5-3-4-12(10-13)11-21-8-1-2-9-21/h3-7,10H,1-2,8-9,11H2,(H,19,22)(H,20,23). The number of nitrogens with zero attached hydrogens (tertiary/aromatic N) is 1. The van der Waals surface area contributed by atoms with Crippen LogP contribution < -0.4 is 10.9 Å². The van der Waals surface area contributed by atoms with E-state index in [4.69, 9.17) is 0 Å². The molecule has 1 aromatic heterocycles. The fraction of sp³-hybridized carbons (Fsp3) is 0.294. The summed E-state index contributed by atoms with van der Waals surface area (Å²) in [7, 11) is 0. The molecule has 2 amide bonds. The Hall–Kier alpha value is -1.70. The van der Waals surface area contributed by atoms with Crippen LogP contribution in [0.5, 0.6) is 0 Å². The van der Waals surface area contributed by atoms with Gasteiger partial charge in [-0.1, -0.05) is 12.1 Å². The molecule has 1 aromatic carbocycles. The molecule has 1 aliphatic heterocycles. The van der Waals surface area contributed by atoms with E-state index in [0.29, 0.717) is 10.4 Å². The summed E-state index contributed by atoms with van der Waals surface area (Å²) in [6.45, 7) is 3.09. The Kier molecular flexibility index (Phi) is 5.65. The number of amides is 2. The van der Waals surface area contributed by atoms with Crippen molar-refractivity contribution in [3.63, 3.8) is 0 Å². The summed E-state index contributed by atoms with van der Waals surface area (Å²) in [5.41, 5.74) is 6.56. The van der Waals surface area contributed by atoms with Crippen molar-refractivity contribution in [1.29, 1.82) is 0 Å². The second-order valence-electron chi connectivity index (χ2n) is 5.70. The Morgan fingerprint density at radius 2 is 1.83 bits per heavy atom. The van der Waals surface area contributed by atoms with E-state index in [1.165, 1.54) is 24.2 Å². The number of hydrogen-bond donors (Lipinski definition) is 2. The van der Waals surface area contributed by atoms with E-state index < -0.39 is 0 Å². The van der Waals surface area contributed by atoms with Crippen LogP contribution in [0.2, 0.25) is 0 Å². The molecule has 24 heavy (non-hydrogen) atoms. The van der Waals surface area contributed by atoms with Gasteiger partial charge in [0.1, 0.15) is 0 Å². The van der Waals surface area contributed by atoms with Gasteiger partial charge in [-0.05, 0) is 71.7 Å². The summed E-state index contributed by atoms with van der Waals surface area (Å²) in [4.78, 5) is 27.1. The minimum atomic E-state index is -0.327. The van der Waals surface area contributed by atoms with E-state index in [2.05, 4.69) is 31.7 Å². The number of hydrazine groups is 1. The average molecular weight is 408 g/mol. The molecular formula is C17H18BrN3O2S. The third-order valence-electron chi connectivity index (χ3n) is 3.88. The molecule has 0 saturated carbocycles. The highest BCUT2D eigenvalue weighted by Crippen LogP contribution is 2.21. The molecular weight excluding hydrogens is 390 g/mol. The third-order valence-corrected chi connectivity index (χ3v) is 5.50. The van der Waals surface area contributed by atoms with Crippen LogP contribution in [0, 0.1) is 0 Å². The van der Waals surface area contributed by atoms with Gasteiger partial charge < -0.3 is 0 Å². The number of rotatable bonds is 4. The summed E-state index contributed by atoms with van der Waals surface area (Å²) < 4.78 is 0.869. The smallest absolute Gasteiger partial charge is 0.279 e. The number of benzene rings is 1. The van der Waals surface area contributed by atoms with Crippen molar-refractivity contribution < 1.29 is 9.59 Å². The molecule has 0 atom stereocenters. The molecule has 0 spiro atoms. The second kappa shape index (κ2) is 7.92. The minimum absolute atomic E-state index is 0.317. The number of hydrogen-bond acceptors (Lipinski definition) is 4. The maximum Gasteiger partial charge on any atom is 0.279 e. The largest absolute Gasteiger partial charge is 0.299 e. The lowest BCUT2D eigenvalue weighted by Gasteiger charge is -2.15. The predicted molar refractivity (Wildman–Crippen MR) is 97.9 cm³/mol. The van der Waals surface area contributed by atoms with E-state index >= 15 is 0 Å². The van der Waals surface area contributed by atoms with Crippen LogP contribution in [0.1, 0.15) is 38.4 Å². The Balaban J connectivity index is 1.57. The average Bonchev–Trinajstić information content (AvgIpc) is 3.24. The van der Waals surface area contributed by atoms with E-state index in [9.17, 15) is 9.59 Å². The third kappa shape index (κ3) is 4.43. The van der Waals surface area contributed by atoms with Crippen molar-refractivity contribution in [3.05, 3.63) is 56.2 Å². The number of carbonyl (C=O) groups excluding carboxylic acids is 2. The molecule has 0 unspecified atom stereocenters. The van der Waals surface area contributed by atoms with Crippen molar-refractivity contribution in [1.82, 2.24) is 15.8 Å². The van der Waals surface area contributed by atoms with Gasteiger partial charge >= 0.3 is 0 Å². The zero-order valence-corrected chi connectivity index (χ0v) is 15.5. The molecule has 0 bridgehead atoms. The van der Waals surface area contributed by atoms with Gasteiger partial charge in [0.25, 0.3) is 11.8 Å². The van der Waals surface area contributed by atoms with E-state index in [1.54, 1.807) is 18.2 Å². The highest BCUT2D eigenvalue weighted by Gasteiger charge is 2.14. The highest BCUT2D eigenvalue weighted by molar-refractivity contribution is 9.11. The summed E-state index contributed by atoms with van der Waals surface area (Å²) in [5, 5.41) is 0. The lowest BCUT2D eigenvalue weighted by Crippen LogP contribution is -2.41. The fourth-order valence-electron chi connectivity index (χ4n) is 2.69. The van der Waals surface area contributed by atoms with E-state index in [1.807, 2.05) is 18.2 Å². The molecule has 0 aliphatic carbocycles. The van der Waals surface area contributed by atoms with Gasteiger partial charge in [0.05, 0.1) is 8.66 Å². The van der Waals surface area contributed by atoms with Crippen molar-refractivity contribution in [3.8, 4) is 0 Å². The number of thiophene rings is 1. The molecule has 2 heterocycles. The summed E-state index contributed by atoms with van der Waals surface area (Å²) in [6.07, 6.45) is 2.48. The van der Waals surface area contributed by atoms with E-state index in [-0.39, 0.29) is 11.8 Å². The normalized spacial score (nSPS) is 14.5. The molecule has 3 rings (SSSR count). The zero-order chi connectivity index (χ0) is 16.9. The monoisotopic (exact) mass is 407 g/mol. The quantitative estimate of drug-likeness (QED) is 0.764. The highest BCUT2D eigenvalue weighted by atomic mass is 79.9. The SMILES string of the molecule is O=C(NNC(=O)c1ccc(Br)s1)c1cccc(CN2CCCC2)c1. The Labute approximate surface area is 153 Å². The van der Waals surface area contributed by atoms with Gasteiger partial charge in [0.15, 0.2) is 0 Å². The molecule has 2 aromatic rings. The van der Waals surface area contributed by atoms with Crippen LogP contribution in [0.3, 0.4) is 0 Å². The van der Waals surface area contributed by atoms with Crippen molar-refractivity contribution >= 4 is 39.1 Å². The lowest BCUT2D eigenvalue weighted by molar-refractivity contribution is 0.0849. The molecule has 1 saturated heterocycles. The van der Waals surface area contributed by atoms with Gasteiger partial charge in [0.2, 0.25) is 0 Å². The van der Waals surface area contributed by atoms with Gasteiger partial charge in [-0.2, -0.15) is 0 Å². The van der Waals surface area contributed by atoms with Gasteiger partial charge in [-0.25, -0.2) is 0 Å². The molecule has 5 nitrogen and oxygen atoms in total. The first-order valence-electron chi connectivity index (χ1n) is 7.79. The Bertz CT molecular complexity index is 741. The molecule has 1 fully saturated rings. The first-order chi connectivity index (χ1) is 11.6. The van der Waals surface area contributed by atoms with E-state index in [0.717, 1.165) is 29.0 Å². The number of nitrogens with one attached hydrogen (secondary N) is 2. The number of likely N-dealkylation sites (tertiary alicyclic amines) is 1. The first-order valence-corrected chi connectivity index (χ1v) is 9.40. The molecule has 0 radical (unpaired) electrons. The van der Waals surface area contributed by atoms with Crippen LogP contribution in [0.15, 0.2) is 40.2 Å². The van der Waals surface area contributed by atoms with Crippen molar-refractivity contribution in [2.45, 2.75) is 19.4 Å². The van der Waals surface area contributed by atoms with Crippen LogP contribution in [0.25, 0.3) is 0 Å². The molecule has 126 valence electrons. The fourth-order valence-corrected chi connectivity index (χ4v) is 3.97.